The Balaban J connectivity index is 1.75. The highest BCUT2D eigenvalue weighted by molar-refractivity contribution is 5.21. The van der Waals surface area contributed by atoms with Gasteiger partial charge in [-0.1, -0.05) is 61.9 Å². The second kappa shape index (κ2) is 11.6. The summed E-state index contributed by atoms with van der Waals surface area (Å²) < 4.78 is 11.9. The van der Waals surface area contributed by atoms with Crippen LogP contribution in [0.4, 0.5) is 0 Å². The number of benzene rings is 2. The maximum absolute atomic E-state index is 6.15. The molecule has 0 heterocycles. The molecule has 3 N–H and O–H groups in total. The molecule has 2 aromatic carbocycles. The molecular weight excluding hydrogens is 312 g/mol. The number of hydrogen-bond donors (Lipinski definition) is 2. The number of hydrogen-bond acceptors (Lipinski definition) is 4. The van der Waals surface area contributed by atoms with Gasteiger partial charge < -0.3 is 9.47 Å². The summed E-state index contributed by atoms with van der Waals surface area (Å²) in [5, 5.41) is 0. The summed E-state index contributed by atoms with van der Waals surface area (Å²) in [6, 6.07) is 20.3. The first-order valence-corrected chi connectivity index (χ1v) is 9.13. The van der Waals surface area contributed by atoms with Gasteiger partial charge in [-0.25, -0.2) is 0 Å². The van der Waals surface area contributed by atoms with Crippen molar-refractivity contribution < 1.29 is 9.47 Å². The van der Waals surface area contributed by atoms with Crippen LogP contribution in [-0.4, -0.2) is 18.8 Å². The van der Waals surface area contributed by atoms with Crippen molar-refractivity contribution in [2.45, 2.75) is 51.4 Å². The fourth-order valence-corrected chi connectivity index (χ4v) is 2.85. The molecule has 0 bridgehead atoms. The third-order valence-electron chi connectivity index (χ3n) is 4.18. The highest BCUT2D eigenvalue weighted by Crippen LogP contribution is 2.18. The van der Waals surface area contributed by atoms with E-state index in [2.05, 4.69) is 24.5 Å². The first kappa shape index (κ1) is 19.4. The molecule has 0 spiro atoms. The lowest BCUT2D eigenvalue weighted by Gasteiger charge is -2.27. The summed E-state index contributed by atoms with van der Waals surface area (Å²) >= 11 is 0. The molecule has 25 heavy (non-hydrogen) atoms. The maximum Gasteiger partial charge on any atom is 0.119 e. The second-order valence-corrected chi connectivity index (χ2v) is 6.21. The molecule has 0 aromatic heterocycles. The van der Waals surface area contributed by atoms with Crippen molar-refractivity contribution in [1.29, 1.82) is 0 Å². The highest BCUT2D eigenvalue weighted by atomic mass is 16.5. The Morgan fingerprint density at radius 1 is 0.960 bits per heavy atom. The van der Waals surface area contributed by atoms with Crippen LogP contribution >= 0.6 is 0 Å². The average molecular weight is 342 g/mol. The molecule has 2 rings (SSSR count). The largest absolute Gasteiger partial charge is 0.489 e. The minimum absolute atomic E-state index is 0.0616. The minimum Gasteiger partial charge on any atom is -0.489 e. The van der Waals surface area contributed by atoms with E-state index in [1.165, 1.54) is 5.56 Å². The summed E-state index contributed by atoms with van der Waals surface area (Å²) in [7, 11) is 0. The van der Waals surface area contributed by atoms with E-state index < -0.39 is 0 Å². The van der Waals surface area contributed by atoms with E-state index in [0.717, 1.165) is 38.0 Å². The molecule has 0 aliphatic heterocycles. The molecule has 0 fully saturated rings. The predicted octanol–water partition coefficient (Wildman–Crippen LogP) is 4.06. The molecule has 2 aromatic rings. The summed E-state index contributed by atoms with van der Waals surface area (Å²) in [6.07, 6.45) is 3.95. The molecular formula is C21H30N2O2. The molecule has 0 aliphatic rings. The smallest absolute Gasteiger partial charge is 0.119 e. The maximum atomic E-state index is 6.15. The summed E-state index contributed by atoms with van der Waals surface area (Å²) in [4.78, 5) is 0. The van der Waals surface area contributed by atoms with Crippen LogP contribution in [0.5, 0.6) is 5.75 Å². The van der Waals surface area contributed by atoms with E-state index in [0.29, 0.717) is 6.61 Å². The van der Waals surface area contributed by atoms with Gasteiger partial charge in [0.2, 0.25) is 0 Å². The fourth-order valence-electron chi connectivity index (χ4n) is 2.85. The lowest BCUT2D eigenvalue weighted by molar-refractivity contribution is 0.0997. The fraction of sp³-hybridized carbons (Fsp3) is 0.429. The summed E-state index contributed by atoms with van der Waals surface area (Å²) in [5.74, 6) is 6.68. The molecule has 136 valence electrons. The SMILES string of the molecule is CCCC(Oc1ccccc1)C(CCCOCc1ccccc1)NN. The van der Waals surface area contributed by atoms with E-state index in [1.54, 1.807) is 0 Å². The van der Waals surface area contributed by atoms with Gasteiger partial charge >= 0.3 is 0 Å². The normalized spacial score (nSPS) is 13.4. The Morgan fingerprint density at radius 2 is 1.64 bits per heavy atom. The van der Waals surface area contributed by atoms with Gasteiger partial charge in [0.05, 0.1) is 12.6 Å². The first-order valence-electron chi connectivity index (χ1n) is 9.13. The van der Waals surface area contributed by atoms with Gasteiger partial charge in [0.1, 0.15) is 11.9 Å². The molecule has 2 atom stereocenters. The van der Waals surface area contributed by atoms with Crippen LogP contribution in [0.25, 0.3) is 0 Å². The average Bonchev–Trinajstić information content (AvgIpc) is 2.66. The monoisotopic (exact) mass is 342 g/mol. The zero-order valence-corrected chi connectivity index (χ0v) is 15.1. The summed E-state index contributed by atoms with van der Waals surface area (Å²) in [5.41, 5.74) is 4.14. The van der Waals surface area contributed by atoms with Crippen LogP contribution in [-0.2, 0) is 11.3 Å². The van der Waals surface area contributed by atoms with Crippen molar-refractivity contribution in [3.05, 3.63) is 66.2 Å². The number of para-hydroxylation sites is 1. The van der Waals surface area contributed by atoms with Crippen molar-refractivity contribution in [3.63, 3.8) is 0 Å². The Labute approximate surface area is 151 Å². The van der Waals surface area contributed by atoms with Crippen LogP contribution in [0.3, 0.4) is 0 Å². The van der Waals surface area contributed by atoms with E-state index >= 15 is 0 Å². The van der Waals surface area contributed by atoms with Gasteiger partial charge in [0.25, 0.3) is 0 Å². The van der Waals surface area contributed by atoms with Gasteiger partial charge in [-0.2, -0.15) is 0 Å². The second-order valence-electron chi connectivity index (χ2n) is 6.21. The Kier molecular flexibility index (Phi) is 9.05. The van der Waals surface area contributed by atoms with Gasteiger partial charge in [0.15, 0.2) is 0 Å². The zero-order chi connectivity index (χ0) is 17.7. The van der Waals surface area contributed by atoms with Gasteiger partial charge in [-0.05, 0) is 37.0 Å². The number of ether oxygens (including phenoxy) is 2. The lowest BCUT2D eigenvalue weighted by atomic mass is 10.0. The molecule has 0 aliphatic carbocycles. The number of hydrazine groups is 1. The predicted molar refractivity (Wildman–Crippen MR) is 102 cm³/mol. The Hall–Kier alpha value is -1.88. The van der Waals surface area contributed by atoms with Gasteiger partial charge in [-0.15, -0.1) is 0 Å². The van der Waals surface area contributed by atoms with Crippen LogP contribution in [0.2, 0.25) is 0 Å². The van der Waals surface area contributed by atoms with E-state index in [1.807, 2.05) is 48.5 Å². The summed E-state index contributed by atoms with van der Waals surface area (Å²) in [6.45, 7) is 3.54. The van der Waals surface area contributed by atoms with E-state index in [9.17, 15) is 0 Å². The van der Waals surface area contributed by atoms with E-state index in [-0.39, 0.29) is 12.1 Å². The number of rotatable bonds is 12. The Morgan fingerprint density at radius 3 is 2.28 bits per heavy atom. The zero-order valence-electron chi connectivity index (χ0n) is 15.1. The van der Waals surface area contributed by atoms with Gasteiger partial charge in [0, 0.05) is 6.61 Å². The van der Waals surface area contributed by atoms with Crippen LogP contribution in [0.15, 0.2) is 60.7 Å². The van der Waals surface area contributed by atoms with Gasteiger partial charge in [-0.3, -0.25) is 11.3 Å². The number of nitrogens with one attached hydrogen (secondary N) is 1. The first-order chi connectivity index (χ1) is 12.3. The third kappa shape index (κ3) is 7.26. The quantitative estimate of drug-likeness (QED) is 0.347. The molecule has 0 saturated heterocycles. The molecule has 4 heteroatoms. The van der Waals surface area contributed by atoms with Crippen molar-refractivity contribution >= 4 is 0 Å². The topological polar surface area (TPSA) is 56.5 Å². The third-order valence-corrected chi connectivity index (χ3v) is 4.18. The molecule has 2 unspecified atom stereocenters. The van der Waals surface area contributed by atoms with Crippen LogP contribution in [0.1, 0.15) is 38.2 Å². The van der Waals surface area contributed by atoms with E-state index in [4.69, 9.17) is 15.3 Å². The van der Waals surface area contributed by atoms with Crippen molar-refractivity contribution in [1.82, 2.24) is 5.43 Å². The van der Waals surface area contributed by atoms with Crippen LogP contribution in [0, 0.1) is 0 Å². The van der Waals surface area contributed by atoms with Crippen LogP contribution < -0.4 is 16.0 Å². The minimum atomic E-state index is 0.0616. The standard InChI is InChI=1S/C21H30N2O2/c1-2-10-21(25-19-13-7-4-8-14-19)20(23-22)15-9-16-24-17-18-11-5-3-6-12-18/h3-8,11-14,20-21,23H,2,9-10,15-17,22H2,1H3. The molecule has 0 radical (unpaired) electrons. The van der Waals surface area contributed by atoms with Crippen molar-refractivity contribution in [2.24, 2.45) is 5.84 Å². The number of nitrogens with two attached hydrogens (primary N) is 1. The molecule has 4 nitrogen and oxygen atoms in total. The molecule has 0 saturated carbocycles. The lowest BCUT2D eigenvalue weighted by Crippen LogP contribution is -2.46. The molecule has 0 amide bonds. The van der Waals surface area contributed by atoms with Crippen molar-refractivity contribution in [2.75, 3.05) is 6.61 Å². The Bertz CT molecular complexity index is 563. The van der Waals surface area contributed by atoms with Crippen molar-refractivity contribution in [3.8, 4) is 5.75 Å². The highest BCUT2D eigenvalue weighted by Gasteiger charge is 2.21.